The number of nitrogens with one attached hydrogen (secondary N) is 2. The summed E-state index contributed by atoms with van der Waals surface area (Å²) in [4.78, 5) is 26.0. The Morgan fingerprint density at radius 3 is 2.42 bits per heavy atom. The van der Waals surface area contributed by atoms with E-state index in [0.29, 0.717) is 21.4 Å². The maximum atomic E-state index is 12.9. The Morgan fingerprint density at radius 1 is 1.12 bits per heavy atom. The summed E-state index contributed by atoms with van der Waals surface area (Å²) in [6.45, 7) is 1.65. The average Bonchev–Trinajstić information content (AvgIpc) is 2.59. The fourth-order valence-electron chi connectivity index (χ4n) is 2.13. The Balaban J connectivity index is 1.92. The lowest BCUT2D eigenvalue weighted by molar-refractivity contribution is -0.122. The minimum atomic E-state index is -0.594. The van der Waals surface area contributed by atoms with Gasteiger partial charge in [-0.05, 0) is 56.4 Å². The number of rotatable bonds is 6. The number of anilines is 2. The highest BCUT2D eigenvalue weighted by Crippen LogP contribution is 2.25. The second-order valence-electron chi connectivity index (χ2n) is 5.76. The van der Waals surface area contributed by atoms with Crippen molar-refractivity contribution in [2.24, 2.45) is 0 Å². The monoisotopic (exact) mass is 397 g/mol. The molecule has 1 unspecified atom stereocenters. The van der Waals surface area contributed by atoms with Gasteiger partial charge in [0.1, 0.15) is 5.82 Å². The highest BCUT2D eigenvalue weighted by Gasteiger charge is 2.21. The van der Waals surface area contributed by atoms with Gasteiger partial charge in [-0.15, -0.1) is 0 Å². The highest BCUT2D eigenvalue weighted by molar-refractivity contribution is 6.35. The molecule has 2 N–H and O–H groups in total. The zero-order valence-corrected chi connectivity index (χ0v) is 15.7. The fraction of sp³-hybridized carbons (Fsp3) is 0.222. The molecule has 0 saturated heterocycles. The molecular formula is C18H18Cl2FN3O2. The van der Waals surface area contributed by atoms with Crippen LogP contribution in [0.2, 0.25) is 10.0 Å². The van der Waals surface area contributed by atoms with Crippen LogP contribution < -0.4 is 10.6 Å². The molecule has 2 amide bonds. The van der Waals surface area contributed by atoms with Gasteiger partial charge >= 0.3 is 0 Å². The number of carbonyl (C=O) groups is 2. The maximum Gasteiger partial charge on any atom is 0.241 e. The van der Waals surface area contributed by atoms with Crippen molar-refractivity contribution >= 4 is 46.4 Å². The Morgan fingerprint density at radius 2 is 1.77 bits per heavy atom. The van der Waals surface area contributed by atoms with E-state index in [1.54, 1.807) is 37.1 Å². The van der Waals surface area contributed by atoms with Crippen molar-refractivity contribution in [3.05, 3.63) is 58.3 Å². The molecule has 0 aliphatic carbocycles. The molecule has 2 rings (SSSR count). The van der Waals surface area contributed by atoms with E-state index < -0.39 is 6.04 Å². The molecule has 0 radical (unpaired) electrons. The van der Waals surface area contributed by atoms with Crippen LogP contribution in [0.3, 0.4) is 0 Å². The molecule has 0 heterocycles. The summed E-state index contributed by atoms with van der Waals surface area (Å²) in [5, 5.41) is 6.15. The van der Waals surface area contributed by atoms with Gasteiger partial charge in [0.05, 0.1) is 23.3 Å². The Kier molecular flexibility index (Phi) is 6.97. The quantitative estimate of drug-likeness (QED) is 0.773. The largest absolute Gasteiger partial charge is 0.325 e. The van der Waals surface area contributed by atoms with E-state index in [1.807, 2.05) is 0 Å². The minimum Gasteiger partial charge on any atom is -0.325 e. The van der Waals surface area contributed by atoms with Crippen molar-refractivity contribution in [2.75, 3.05) is 24.2 Å². The van der Waals surface area contributed by atoms with Gasteiger partial charge in [-0.1, -0.05) is 23.2 Å². The van der Waals surface area contributed by atoms with Gasteiger partial charge in [-0.3, -0.25) is 14.5 Å². The van der Waals surface area contributed by atoms with Crippen LogP contribution in [-0.2, 0) is 9.59 Å². The Hall–Kier alpha value is -2.15. The molecule has 5 nitrogen and oxygen atoms in total. The summed E-state index contributed by atoms with van der Waals surface area (Å²) in [5.74, 6) is -1.03. The second-order valence-corrected chi connectivity index (χ2v) is 6.60. The molecule has 138 valence electrons. The third-order valence-corrected chi connectivity index (χ3v) is 4.31. The first-order valence-electron chi connectivity index (χ1n) is 7.78. The standard InChI is InChI=1S/C18H18Cl2FN3O2/c1-11(18(26)23-16-9-12(19)3-8-15(16)20)24(2)10-17(25)22-14-6-4-13(21)5-7-14/h3-9,11H,10H2,1-2H3,(H,22,25)(H,23,26). The summed E-state index contributed by atoms with van der Waals surface area (Å²) in [7, 11) is 1.65. The molecule has 0 aliphatic rings. The van der Waals surface area contributed by atoms with Crippen LogP contribution in [-0.4, -0.2) is 36.3 Å². The van der Waals surface area contributed by atoms with Crippen LogP contribution in [0.25, 0.3) is 0 Å². The van der Waals surface area contributed by atoms with E-state index in [0.717, 1.165) is 0 Å². The van der Waals surface area contributed by atoms with E-state index in [9.17, 15) is 14.0 Å². The summed E-state index contributed by atoms with van der Waals surface area (Å²) < 4.78 is 12.9. The number of hydrogen-bond acceptors (Lipinski definition) is 3. The summed E-state index contributed by atoms with van der Waals surface area (Å²) >= 11 is 11.9. The molecule has 0 aliphatic heterocycles. The SMILES string of the molecule is CC(C(=O)Nc1cc(Cl)ccc1Cl)N(C)CC(=O)Nc1ccc(F)cc1. The van der Waals surface area contributed by atoms with Crippen LogP contribution in [0.4, 0.5) is 15.8 Å². The normalized spacial score (nSPS) is 11.9. The molecule has 0 spiro atoms. The molecule has 26 heavy (non-hydrogen) atoms. The zero-order valence-electron chi connectivity index (χ0n) is 14.2. The number of hydrogen-bond donors (Lipinski definition) is 2. The molecular weight excluding hydrogens is 380 g/mol. The first kappa shape index (κ1) is 20.2. The van der Waals surface area contributed by atoms with E-state index in [2.05, 4.69) is 10.6 Å². The number of halogens is 3. The van der Waals surface area contributed by atoms with Gasteiger partial charge in [0, 0.05) is 10.7 Å². The third kappa shape index (κ3) is 5.69. The number of amides is 2. The van der Waals surface area contributed by atoms with Crippen LogP contribution in [0, 0.1) is 5.82 Å². The van der Waals surface area contributed by atoms with Gasteiger partial charge in [0.25, 0.3) is 0 Å². The predicted molar refractivity (Wildman–Crippen MR) is 102 cm³/mol. The summed E-state index contributed by atoms with van der Waals surface area (Å²) in [6.07, 6.45) is 0. The number of carbonyl (C=O) groups excluding carboxylic acids is 2. The first-order chi connectivity index (χ1) is 12.3. The maximum absolute atomic E-state index is 12.9. The Bertz CT molecular complexity index is 800. The van der Waals surface area contributed by atoms with Crippen molar-refractivity contribution in [1.82, 2.24) is 4.90 Å². The van der Waals surface area contributed by atoms with Crippen molar-refractivity contribution < 1.29 is 14.0 Å². The van der Waals surface area contributed by atoms with Crippen LogP contribution in [0.1, 0.15) is 6.92 Å². The van der Waals surface area contributed by atoms with E-state index in [4.69, 9.17) is 23.2 Å². The molecule has 0 fully saturated rings. The molecule has 0 aromatic heterocycles. The molecule has 0 bridgehead atoms. The second kappa shape index (κ2) is 8.98. The topological polar surface area (TPSA) is 61.4 Å². The molecule has 1 atom stereocenters. The van der Waals surface area contributed by atoms with E-state index >= 15 is 0 Å². The lowest BCUT2D eigenvalue weighted by Crippen LogP contribution is -2.43. The fourth-order valence-corrected chi connectivity index (χ4v) is 2.46. The van der Waals surface area contributed by atoms with Crippen LogP contribution >= 0.6 is 23.2 Å². The van der Waals surface area contributed by atoms with Gasteiger partial charge in [0.2, 0.25) is 11.8 Å². The third-order valence-electron chi connectivity index (χ3n) is 3.75. The number of likely N-dealkylation sites (N-methyl/N-ethyl adjacent to an activating group) is 1. The highest BCUT2D eigenvalue weighted by atomic mass is 35.5. The van der Waals surface area contributed by atoms with Gasteiger partial charge < -0.3 is 10.6 Å². The predicted octanol–water partition coefficient (Wildman–Crippen LogP) is 4.03. The first-order valence-corrected chi connectivity index (χ1v) is 8.53. The zero-order chi connectivity index (χ0) is 19.3. The molecule has 8 heteroatoms. The van der Waals surface area contributed by atoms with Gasteiger partial charge in [-0.2, -0.15) is 0 Å². The van der Waals surface area contributed by atoms with Crippen molar-refractivity contribution in [2.45, 2.75) is 13.0 Å². The lowest BCUT2D eigenvalue weighted by atomic mass is 10.2. The van der Waals surface area contributed by atoms with E-state index in [1.165, 1.54) is 24.3 Å². The van der Waals surface area contributed by atoms with E-state index in [-0.39, 0.29) is 24.2 Å². The van der Waals surface area contributed by atoms with Crippen LogP contribution in [0.15, 0.2) is 42.5 Å². The summed E-state index contributed by atoms with van der Waals surface area (Å²) in [5.41, 5.74) is 0.882. The Labute approximate surface area is 161 Å². The van der Waals surface area contributed by atoms with Gasteiger partial charge in [0.15, 0.2) is 0 Å². The molecule has 2 aromatic carbocycles. The number of benzene rings is 2. The average molecular weight is 398 g/mol. The van der Waals surface area contributed by atoms with Crippen molar-refractivity contribution in [1.29, 1.82) is 0 Å². The minimum absolute atomic E-state index is 0.0186. The van der Waals surface area contributed by atoms with Crippen molar-refractivity contribution in [3.63, 3.8) is 0 Å². The smallest absolute Gasteiger partial charge is 0.241 e. The number of nitrogens with zero attached hydrogens (tertiary/aromatic N) is 1. The van der Waals surface area contributed by atoms with Crippen LogP contribution in [0.5, 0.6) is 0 Å². The van der Waals surface area contributed by atoms with Gasteiger partial charge in [-0.25, -0.2) is 4.39 Å². The lowest BCUT2D eigenvalue weighted by Gasteiger charge is -2.23. The molecule has 0 saturated carbocycles. The molecule has 2 aromatic rings. The summed E-state index contributed by atoms with van der Waals surface area (Å²) in [6, 6.07) is 9.60. The van der Waals surface area contributed by atoms with Crippen molar-refractivity contribution in [3.8, 4) is 0 Å².